The van der Waals surface area contributed by atoms with E-state index in [0.717, 1.165) is 14.9 Å². The number of halogens is 1. The highest BCUT2D eigenvalue weighted by Gasteiger charge is 2.24. The van der Waals surface area contributed by atoms with Gasteiger partial charge in [0.1, 0.15) is 0 Å². The largest absolute Gasteiger partial charge is 0.387 e. The molecule has 0 saturated carbocycles. The third-order valence-corrected chi connectivity index (χ3v) is 4.60. The average Bonchev–Trinajstić information content (AvgIpc) is 2.77. The molecule has 0 radical (unpaired) electrons. The molecule has 2 heterocycles. The maximum Gasteiger partial charge on any atom is 0.0974 e. The summed E-state index contributed by atoms with van der Waals surface area (Å²) in [5, 5.41) is 12.3. The minimum atomic E-state index is -0.599. The Hall–Kier alpha value is -0.750. The molecule has 0 bridgehead atoms. The van der Waals surface area contributed by atoms with E-state index in [9.17, 15) is 5.11 Å². The van der Waals surface area contributed by atoms with Gasteiger partial charge in [-0.2, -0.15) is 0 Å². The van der Waals surface area contributed by atoms with Crippen LogP contribution in [-0.4, -0.2) is 16.6 Å². The fourth-order valence-electron chi connectivity index (χ4n) is 1.74. The molecule has 2 aromatic rings. The van der Waals surface area contributed by atoms with E-state index in [0.29, 0.717) is 6.54 Å². The van der Waals surface area contributed by atoms with Crippen LogP contribution in [0.5, 0.6) is 0 Å². The quantitative estimate of drug-likeness (QED) is 0.912. The fourth-order valence-corrected chi connectivity index (χ4v) is 3.40. The molecule has 0 aliphatic carbocycles. The smallest absolute Gasteiger partial charge is 0.0974 e. The SMILES string of the molecule is NCC(c1cccnc1)C(O)c1sccc1Br. The van der Waals surface area contributed by atoms with Gasteiger partial charge < -0.3 is 10.8 Å². The van der Waals surface area contributed by atoms with Crippen LogP contribution in [0.4, 0.5) is 0 Å². The number of aromatic nitrogens is 1. The molecule has 2 aromatic heterocycles. The Kier molecular flexibility index (Phi) is 4.28. The summed E-state index contributed by atoms with van der Waals surface area (Å²) in [4.78, 5) is 4.97. The van der Waals surface area contributed by atoms with Crippen LogP contribution >= 0.6 is 27.3 Å². The molecule has 0 saturated heterocycles. The summed E-state index contributed by atoms with van der Waals surface area (Å²) in [6.45, 7) is 0.386. The van der Waals surface area contributed by atoms with E-state index < -0.39 is 6.10 Å². The van der Waals surface area contributed by atoms with Crippen LogP contribution in [-0.2, 0) is 0 Å². The van der Waals surface area contributed by atoms with Gasteiger partial charge in [-0.15, -0.1) is 11.3 Å². The lowest BCUT2D eigenvalue weighted by atomic mass is 9.94. The summed E-state index contributed by atoms with van der Waals surface area (Å²) in [6.07, 6.45) is 2.87. The highest BCUT2D eigenvalue weighted by atomic mass is 79.9. The first kappa shape index (κ1) is 12.7. The van der Waals surface area contributed by atoms with Gasteiger partial charge in [-0.25, -0.2) is 0 Å². The minimum absolute atomic E-state index is 0.126. The topological polar surface area (TPSA) is 59.1 Å². The van der Waals surface area contributed by atoms with Crippen LogP contribution in [0.3, 0.4) is 0 Å². The summed E-state index contributed by atoms with van der Waals surface area (Å²) in [7, 11) is 0. The number of pyridine rings is 1. The Morgan fingerprint density at radius 3 is 2.82 bits per heavy atom. The maximum absolute atomic E-state index is 10.4. The van der Waals surface area contributed by atoms with Gasteiger partial charge in [-0.05, 0) is 39.0 Å². The Labute approximate surface area is 112 Å². The summed E-state index contributed by atoms with van der Waals surface area (Å²) >= 11 is 4.95. The highest BCUT2D eigenvalue weighted by molar-refractivity contribution is 9.10. The summed E-state index contributed by atoms with van der Waals surface area (Å²) in [5.41, 5.74) is 6.72. The van der Waals surface area contributed by atoms with Crippen molar-refractivity contribution in [1.82, 2.24) is 4.98 Å². The third kappa shape index (κ3) is 2.74. The van der Waals surface area contributed by atoms with Gasteiger partial charge in [0.2, 0.25) is 0 Å². The van der Waals surface area contributed by atoms with Gasteiger partial charge in [0.25, 0.3) is 0 Å². The zero-order valence-electron chi connectivity index (χ0n) is 9.08. The molecule has 5 heteroatoms. The molecule has 0 spiro atoms. The lowest BCUT2D eigenvalue weighted by Crippen LogP contribution is -2.19. The van der Waals surface area contributed by atoms with Gasteiger partial charge in [0.15, 0.2) is 0 Å². The molecule has 3 N–H and O–H groups in total. The third-order valence-electron chi connectivity index (χ3n) is 2.66. The van der Waals surface area contributed by atoms with E-state index in [2.05, 4.69) is 20.9 Å². The van der Waals surface area contributed by atoms with Crippen molar-refractivity contribution >= 4 is 27.3 Å². The average molecular weight is 313 g/mol. The number of thiophene rings is 1. The lowest BCUT2D eigenvalue weighted by Gasteiger charge is -2.21. The lowest BCUT2D eigenvalue weighted by molar-refractivity contribution is 0.150. The van der Waals surface area contributed by atoms with Crippen LogP contribution in [0.25, 0.3) is 0 Å². The first-order valence-corrected chi connectivity index (χ1v) is 6.92. The second kappa shape index (κ2) is 5.73. The number of rotatable bonds is 4. The van der Waals surface area contributed by atoms with Crippen LogP contribution in [0.1, 0.15) is 22.5 Å². The van der Waals surface area contributed by atoms with Crippen LogP contribution in [0.15, 0.2) is 40.4 Å². The zero-order chi connectivity index (χ0) is 12.3. The van der Waals surface area contributed by atoms with Crippen molar-refractivity contribution in [2.45, 2.75) is 12.0 Å². The summed E-state index contributed by atoms with van der Waals surface area (Å²) in [5.74, 6) is -0.126. The number of hydrogen-bond donors (Lipinski definition) is 2. The van der Waals surface area contributed by atoms with Crippen LogP contribution in [0, 0.1) is 0 Å². The molecule has 0 aromatic carbocycles. The number of nitrogens with zero attached hydrogens (tertiary/aromatic N) is 1. The Morgan fingerprint density at radius 1 is 1.47 bits per heavy atom. The van der Waals surface area contributed by atoms with Crippen molar-refractivity contribution in [2.75, 3.05) is 6.54 Å². The van der Waals surface area contributed by atoms with Crippen molar-refractivity contribution in [1.29, 1.82) is 0 Å². The van der Waals surface area contributed by atoms with Crippen molar-refractivity contribution in [3.63, 3.8) is 0 Å². The molecular weight excluding hydrogens is 300 g/mol. The van der Waals surface area contributed by atoms with Crippen LogP contribution in [0.2, 0.25) is 0 Å². The Balaban J connectivity index is 2.28. The predicted octanol–water partition coefficient (Wildman–Crippen LogP) is 2.68. The molecule has 0 fully saturated rings. The van der Waals surface area contributed by atoms with Gasteiger partial charge >= 0.3 is 0 Å². The van der Waals surface area contributed by atoms with Crippen molar-refractivity contribution in [3.05, 3.63) is 50.9 Å². The monoisotopic (exact) mass is 312 g/mol. The molecule has 3 nitrogen and oxygen atoms in total. The molecule has 0 aliphatic rings. The van der Waals surface area contributed by atoms with Crippen molar-refractivity contribution in [2.24, 2.45) is 5.73 Å². The summed E-state index contributed by atoms with van der Waals surface area (Å²) < 4.78 is 0.928. The van der Waals surface area contributed by atoms with E-state index in [-0.39, 0.29) is 5.92 Å². The second-order valence-electron chi connectivity index (χ2n) is 3.71. The van der Waals surface area contributed by atoms with Gasteiger partial charge in [-0.3, -0.25) is 4.98 Å². The number of aliphatic hydroxyl groups excluding tert-OH is 1. The highest BCUT2D eigenvalue weighted by Crippen LogP contribution is 2.37. The van der Waals surface area contributed by atoms with Gasteiger partial charge in [-0.1, -0.05) is 6.07 Å². The molecule has 2 rings (SSSR count). The second-order valence-corrected chi connectivity index (χ2v) is 5.51. The van der Waals surface area contributed by atoms with Crippen molar-refractivity contribution < 1.29 is 5.11 Å². The van der Waals surface area contributed by atoms with E-state index >= 15 is 0 Å². The number of aliphatic hydroxyl groups is 1. The Bertz CT molecular complexity index is 474. The standard InChI is InChI=1S/C12H13BrN2OS/c13-10-3-5-17-12(10)11(16)9(6-14)8-2-1-4-15-7-8/h1-5,7,9,11,16H,6,14H2. The first-order valence-electron chi connectivity index (χ1n) is 5.25. The molecule has 17 heavy (non-hydrogen) atoms. The fraction of sp³-hybridized carbons (Fsp3) is 0.250. The van der Waals surface area contributed by atoms with Crippen molar-refractivity contribution in [3.8, 4) is 0 Å². The maximum atomic E-state index is 10.4. The summed E-state index contributed by atoms with van der Waals surface area (Å²) in [6, 6.07) is 5.73. The molecule has 2 atom stereocenters. The van der Waals surface area contributed by atoms with Crippen LogP contribution < -0.4 is 5.73 Å². The van der Waals surface area contributed by atoms with E-state index in [1.165, 1.54) is 11.3 Å². The first-order chi connectivity index (χ1) is 8.24. The van der Waals surface area contributed by atoms with E-state index in [1.807, 2.05) is 23.6 Å². The minimum Gasteiger partial charge on any atom is -0.387 e. The molecule has 90 valence electrons. The molecular formula is C12H13BrN2OS. The predicted molar refractivity (Wildman–Crippen MR) is 73.0 cm³/mol. The zero-order valence-corrected chi connectivity index (χ0v) is 11.5. The number of hydrogen-bond acceptors (Lipinski definition) is 4. The molecule has 0 amide bonds. The van der Waals surface area contributed by atoms with Gasteiger partial charge in [0.05, 0.1) is 6.10 Å². The van der Waals surface area contributed by atoms with E-state index in [1.54, 1.807) is 12.4 Å². The molecule has 2 unspecified atom stereocenters. The normalized spacial score (nSPS) is 14.5. The molecule has 0 aliphatic heterocycles. The van der Waals surface area contributed by atoms with E-state index in [4.69, 9.17) is 5.73 Å². The number of nitrogens with two attached hydrogens (primary N) is 1. The van der Waals surface area contributed by atoms with Gasteiger partial charge in [0, 0.05) is 34.2 Å². The Morgan fingerprint density at radius 2 is 2.29 bits per heavy atom.